The van der Waals surface area contributed by atoms with Crippen molar-refractivity contribution in [1.29, 1.82) is 0 Å². The zero-order chi connectivity index (χ0) is 12.8. The zero-order valence-electron chi connectivity index (χ0n) is 9.78. The molecule has 1 atom stereocenters. The molecule has 0 aromatic heterocycles. The fourth-order valence-electron chi connectivity index (χ4n) is 1.23. The lowest BCUT2D eigenvalue weighted by molar-refractivity contribution is -0.123. The highest BCUT2D eigenvalue weighted by Crippen LogP contribution is 2.21. The molecule has 1 amide bonds. The topological polar surface area (TPSA) is 64.3 Å². The zero-order valence-corrected chi connectivity index (χ0v) is 12.9. The van der Waals surface area contributed by atoms with Crippen LogP contribution in [0.2, 0.25) is 5.02 Å². The van der Waals surface area contributed by atoms with E-state index in [0.717, 1.165) is 10.0 Å². The molecule has 0 aliphatic rings. The summed E-state index contributed by atoms with van der Waals surface area (Å²) in [5, 5.41) is 3.30. The highest BCUT2D eigenvalue weighted by molar-refractivity contribution is 9.10. The molecule has 4 nitrogen and oxygen atoms in total. The number of rotatable bonds is 5. The van der Waals surface area contributed by atoms with Gasteiger partial charge in [0.25, 0.3) is 0 Å². The van der Waals surface area contributed by atoms with E-state index in [1.54, 1.807) is 6.07 Å². The van der Waals surface area contributed by atoms with Crippen LogP contribution in [0.4, 0.5) is 0 Å². The van der Waals surface area contributed by atoms with E-state index in [1.807, 2.05) is 12.1 Å². The average molecular weight is 358 g/mol. The highest BCUT2D eigenvalue weighted by atomic mass is 79.9. The van der Waals surface area contributed by atoms with E-state index in [1.165, 1.54) is 7.11 Å². The highest BCUT2D eigenvalue weighted by Gasteiger charge is 2.12. The van der Waals surface area contributed by atoms with Crippen LogP contribution in [0, 0.1) is 0 Å². The fraction of sp³-hybridized carbons (Fsp3) is 0.364. The van der Waals surface area contributed by atoms with Gasteiger partial charge in [-0.2, -0.15) is 0 Å². The van der Waals surface area contributed by atoms with Gasteiger partial charge in [-0.1, -0.05) is 33.6 Å². The number of carbonyl (C=O) groups excluding carboxylic acids is 1. The number of halogens is 3. The maximum absolute atomic E-state index is 11.5. The van der Waals surface area contributed by atoms with Gasteiger partial charge < -0.3 is 15.8 Å². The van der Waals surface area contributed by atoms with Crippen LogP contribution in [0.3, 0.4) is 0 Å². The third-order valence-electron chi connectivity index (χ3n) is 2.15. The number of hydrogen-bond acceptors (Lipinski definition) is 3. The van der Waals surface area contributed by atoms with Gasteiger partial charge in [0.1, 0.15) is 6.04 Å². The fourth-order valence-corrected chi connectivity index (χ4v) is 1.97. The molecule has 0 saturated heterocycles. The lowest BCUT2D eigenvalue weighted by Crippen LogP contribution is -2.43. The summed E-state index contributed by atoms with van der Waals surface area (Å²) in [6.45, 7) is 0.544. The quantitative estimate of drug-likeness (QED) is 0.848. The van der Waals surface area contributed by atoms with Gasteiger partial charge in [-0.25, -0.2) is 0 Å². The van der Waals surface area contributed by atoms with E-state index in [9.17, 15) is 4.79 Å². The first-order valence-corrected chi connectivity index (χ1v) is 6.18. The van der Waals surface area contributed by atoms with Crippen LogP contribution < -0.4 is 11.1 Å². The summed E-state index contributed by atoms with van der Waals surface area (Å²) in [7, 11) is 1.50. The third-order valence-corrected chi connectivity index (χ3v) is 3.00. The van der Waals surface area contributed by atoms with Gasteiger partial charge in [0.2, 0.25) is 5.91 Å². The molecule has 7 heteroatoms. The van der Waals surface area contributed by atoms with Gasteiger partial charge in [0, 0.05) is 23.1 Å². The number of amides is 1. The first-order valence-electron chi connectivity index (χ1n) is 5.00. The van der Waals surface area contributed by atoms with Crippen molar-refractivity contribution in [3.63, 3.8) is 0 Å². The minimum absolute atomic E-state index is 0. The molecular weight excluding hydrogens is 343 g/mol. The van der Waals surface area contributed by atoms with Gasteiger partial charge in [0.05, 0.1) is 6.61 Å². The van der Waals surface area contributed by atoms with Crippen molar-refractivity contribution < 1.29 is 9.53 Å². The molecule has 1 aromatic carbocycles. The Morgan fingerprint density at radius 2 is 2.28 bits per heavy atom. The largest absolute Gasteiger partial charge is 0.383 e. The van der Waals surface area contributed by atoms with E-state index >= 15 is 0 Å². The number of benzene rings is 1. The molecule has 1 rings (SSSR count). The molecule has 18 heavy (non-hydrogen) atoms. The number of ether oxygens (including phenoxy) is 1. The van der Waals surface area contributed by atoms with Gasteiger partial charge in [-0.15, -0.1) is 12.4 Å². The molecule has 1 unspecified atom stereocenters. The van der Waals surface area contributed by atoms with Crippen molar-refractivity contribution in [2.45, 2.75) is 12.6 Å². The van der Waals surface area contributed by atoms with Crippen molar-refractivity contribution in [3.05, 3.63) is 33.3 Å². The van der Waals surface area contributed by atoms with E-state index in [4.69, 9.17) is 22.1 Å². The van der Waals surface area contributed by atoms with Gasteiger partial charge in [-0.3, -0.25) is 4.79 Å². The summed E-state index contributed by atoms with van der Waals surface area (Å²) >= 11 is 9.33. The Hall–Kier alpha value is -0.330. The van der Waals surface area contributed by atoms with Gasteiger partial charge >= 0.3 is 0 Å². The summed E-state index contributed by atoms with van der Waals surface area (Å²) in [6, 6.07) is 4.82. The smallest absolute Gasteiger partial charge is 0.239 e. The minimum Gasteiger partial charge on any atom is -0.383 e. The number of hydrogen-bond donors (Lipinski definition) is 2. The maximum atomic E-state index is 11.5. The van der Waals surface area contributed by atoms with Crippen molar-refractivity contribution in [2.24, 2.45) is 5.73 Å². The standard InChI is InChI=1S/C11H14BrClN2O2.ClH/c1-17-6-10(14)11(16)15-5-7-2-3-8(12)4-9(7)13;/h2-4,10H,5-6,14H2,1H3,(H,15,16);1H. The second-order valence-corrected chi connectivity index (χ2v) is 4.84. The maximum Gasteiger partial charge on any atom is 0.239 e. The Morgan fingerprint density at radius 3 is 2.83 bits per heavy atom. The Balaban J connectivity index is 0.00000289. The Kier molecular flexibility index (Phi) is 8.56. The minimum atomic E-state index is -0.658. The summed E-state index contributed by atoms with van der Waals surface area (Å²) < 4.78 is 5.70. The van der Waals surface area contributed by atoms with E-state index in [0.29, 0.717) is 11.6 Å². The summed E-state index contributed by atoms with van der Waals surface area (Å²) in [6.07, 6.45) is 0. The first-order chi connectivity index (χ1) is 8.04. The second-order valence-electron chi connectivity index (χ2n) is 3.52. The third kappa shape index (κ3) is 5.54. The van der Waals surface area contributed by atoms with Gasteiger partial charge in [-0.05, 0) is 17.7 Å². The lowest BCUT2D eigenvalue weighted by Gasteiger charge is -2.12. The molecular formula is C11H15BrCl2N2O2. The first kappa shape index (κ1) is 17.7. The van der Waals surface area contributed by atoms with Crippen molar-refractivity contribution in [3.8, 4) is 0 Å². The number of methoxy groups -OCH3 is 1. The Morgan fingerprint density at radius 1 is 1.61 bits per heavy atom. The van der Waals surface area contributed by atoms with Crippen molar-refractivity contribution in [2.75, 3.05) is 13.7 Å². The molecule has 0 fully saturated rings. The predicted octanol–water partition coefficient (Wildman–Crippen LogP) is 2.11. The molecule has 0 aliphatic carbocycles. The van der Waals surface area contributed by atoms with Gasteiger partial charge in [0.15, 0.2) is 0 Å². The number of nitrogens with one attached hydrogen (secondary N) is 1. The van der Waals surface area contributed by atoms with Crippen LogP contribution >= 0.6 is 39.9 Å². The van der Waals surface area contributed by atoms with Crippen molar-refractivity contribution in [1.82, 2.24) is 5.32 Å². The number of nitrogens with two attached hydrogens (primary N) is 1. The molecule has 3 N–H and O–H groups in total. The van der Waals surface area contributed by atoms with Crippen LogP contribution in [0.1, 0.15) is 5.56 Å². The monoisotopic (exact) mass is 356 g/mol. The lowest BCUT2D eigenvalue weighted by atomic mass is 10.2. The van der Waals surface area contributed by atoms with Crippen LogP contribution in [-0.2, 0) is 16.1 Å². The predicted molar refractivity (Wildman–Crippen MR) is 78.1 cm³/mol. The second kappa shape index (κ2) is 8.72. The van der Waals surface area contributed by atoms with E-state index in [-0.39, 0.29) is 24.9 Å². The summed E-state index contributed by atoms with van der Waals surface area (Å²) in [5.41, 5.74) is 6.42. The molecule has 0 saturated carbocycles. The molecule has 0 radical (unpaired) electrons. The van der Waals surface area contributed by atoms with Crippen LogP contribution in [0.15, 0.2) is 22.7 Å². The molecule has 0 heterocycles. The van der Waals surface area contributed by atoms with Crippen molar-refractivity contribution >= 4 is 45.8 Å². The molecule has 0 bridgehead atoms. The molecule has 102 valence electrons. The normalized spacial score (nSPS) is 11.6. The van der Waals surface area contributed by atoms with Crippen LogP contribution in [0.5, 0.6) is 0 Å². The summed E-state index contributed by atoms with van der Waals surface area (Å²) in [5.74, 6) is -0.258. The number of carbonyl (C=O) groups is 1. The van der Waals surface area contributed by atoms with E-state index < -0.39 is 6.04 Å². The SMILES string of the molecule is COCC(N)C(=O)NCc1ccc(Br)cc1Cl.Cl. The molecule has 1 aromatic rings. The Bertz CT molecular complexity index is 405. The molecule has 0 spiro atoms. The average Bonchev–Trinajstić information content (AvgIpc) is 2.27. The summed E-state index contributed by atoms with van der Waals surface area (Å²) in [4.78, 5) is 11.5. The Labute approximate surface area is 126 Å². The van der Waals surface area contributed by atoms with E-state index in [2.05, 4.69) is 21.2 Å². The molecule has 0 aliphatic heterocycles. The van der Waals surface area contributed by atoms with Crippen LogP contribution in [-0.4, -0.2) is 25.7 Å². The van der Waals surface area contributed by atoms with Crippen LogP contribution in [0.25, 0.3) is 0 Å².